The molecule has 142 valence electrons. The lowest BCUT2D eigenvalue weighted by atomic mass is 9.95. The van der Waals surface area contributed by atoms with E-state index in [4.69, 9.17) is 16.3 Å². The largest absolute Gasteiger partial charge is 0.379 e. The van der Waals surface area contributed by atoms with Gasteiger partial charge in [0.15, 0.2) is 0 Å². The lowest BCUT2D eigenvalue weighted by molar-refractivity contribution is -0.123. The van der Waals surface area contributed by atoms with E-state index in [0.29, 0.717) is 11.6 Å². The minimum absolute atomic E-state index is 0.113. The number of hydrogen-bond acceptors (Lipinski definition) is 3. The summed E-state index contributed by atoms with van der Waals surface area (Å²) < 4.78 is 5.39. The summed E-state index contributed by atoms with van der Waals surface area (Å²) in [5, 5.41) is 3.82. The molecule has 0 radical (unpaired) electrons. The van der Waals surface area contributed by atoms with Gasteiger partial charge in [-0.2, -0.15) is 0 Å². The van der Waals surface area contributed by atoms with Crippen LogP contribution in [0.25, 0.3) is 0 Å². The first-order valence-corrected chi connectivity index (χ1v) is 9.96. The average molecular weight is 385 g/mol. The normalized spacial score (nSPS) is 18.9. The monoisotopic (exact) mass is 384 g/mol. The summed E-state index contributed by atoms with van der Waals surface area (Å²) in [6.07, 6.45) is 1.80. The van der Waals surface area contributed by atoms with Crippen LogP contribution in [0.4, 0.5) is 0 Å². The molecule has 0 bridgehead atoms. The molecule has 1 amide bonds. The maximum Gasteiger partial charge on any atom is 0.230 e. The van der Waals surface area contributed by atoms with Crippen LogP contribution < -0.4 is 5.32 Å². The number of ether oxygens (including phenoxy) is 1. The molecular weight excluding hydrogens is 360 g/mol. The Labute approximate surface area is 165 Å². The highest BCUT2D eigenvalue weighted by atomic mass is 35.5. The van der Waals surface area contributed by atoms with Crippen molar-refractivity contribution in [3.8, 4) is 0 Å². The zero-order chi connectivity index (χ0) is 18.7. The van der Waals surface area contributed by atoms with E-state index in [1.807, 2.05) is 24.3 Å². The van der Waals surface area contributed by atoms with Gasteiger partial charge in [-0.3, -0.25) is 9.69 Å². The topological polar surface area (TPSA) is 41.6 Å². The first-order valence-electron chi connectivity index (χ1n) is 9.58. The number of halogens is 1. The number of nitrogens with one attached hydrogen (secondary N) is 1. The molecule has 2 aromatic rings. The molecule has 1 aliphatic carbocycles. The SMILES string of the molecule is O=C(NCc1ccc(CN2CCOCC2)cc1)C1(c2ccc(Cl)cc2)CC1. The van der Waals surface area contributed by atoms with Gasteiger partial charge >= 0.3 is 0 Å². The Morgan fingerprint density at radius 1 is 1.00 bits per heavy atom. The Morgan fingerprint density at radius 3 is 2.26 bits per heavy atom. The Morgan fingerprint density at radius 2 is 1.63 bits per heavy atom. The molecule has 1 saturated carbocycles. The quantitative estimate of drug-likeness (QED) is 0.828. The van der Waals surface area contributed by atoms with E-state index in [2.05, 4.69) is 34.5 Å². The molecule has 2 fully saturated rings. The molecule has 1 saturated heterocycles. The molecule has 4 rings (SSSR count). The maximum absolute atomic E-state index is 12.8. The van der Waals surface area contributed by atoms with E-state index in [0.717, 1.165) is 56.8 Å². The van der Waals surface area contributed by atoms with Gasteiger partial charge in [-0.25, -0.2) is 0 Å². The third-order valence-electron chi connectivity index (χ3n) is 5.57. The number of amides is 1. The van der Waals surface area contributed by atoms with Gasteiger partial charge in [0.1, 0.15) is 0 Å². The Kier molecular flexibility index (Phi) is 5.48. The summed E-state index contributed by atoms with van der Waals surface area (Å²) in [6, 6.07) is 16.2. The minimum atomic E-state index is -0.360. The molecule has 0 unspecified atom stereocenters. The van der Waals surface area contributed by atoms with Crippen LogP contribution in [-0.2, 0) is 28.0 Å². The van der Waals surface area contributed by atoms with Crippen molar-refractivity contribution in [2.45, 2.75) is 31.3 Å². The lowest BCUT2D eigenvalue weighted by Crippen LogP contribution is -2.35. The molecule has 4 nitrogen and oxygen atoms in total. The highest BCUT2D eigenvalue weighted by Crippen LogP contribution is 2.48. The molecule has 2 aromatic carbocycles. The van der Waals surface area contributed by atoms with E-state index in [9.17, 15) is 4.79 Å². The molecule has 0 aromatic heterocycles. The summed E-state index contributed by atoms with van der Waals surface area (Å²) in [7, 11) is 0. The highest BCUT2D eigenvalue weighted by molar-refractivity contribution is 6.30. The van der Waals surface area contributed by atoms with Crippen molar-refractivity contribution in [1.29, 1.82) is 0 Å². The number of carbonyl (C=O) groups is 1. The Balaban J connectivity index is 1.32. The van der Waals surface area contributed by atoms with Crippen LogP contribution in [0.5, 0.6) is 0 Å². The van der Waals surface area contributed by atoms with Crippen LogP contribution in [-0.4, -0.2) is 37.1 Å². The zero-order valence-electron chi connectivity index (χ0n) is 15.4. The maximum atomic E-state index is 12.8. The van der Waals surface area contributed by atoms with Gasteiger partial charge in [0.2, 0.25) is 5.91 Å². The Bertz CT molecular complexity index is 779. The second-order valence-electron chi connectivity index (χ2n) is 7.48. The van der Waals surface area contributed by atoms with Gasteiger partial charge in [-0.1, -0.05) is 48.0 Å². The molecule has 27 heavy (non-hydrogen) atoms. The van der Waals surface area contributed by atoms with Gasteiger partial charge in [0.25, 0.3) is 0 Å². The van der Waals surface area contributed by atoms with E-state index >= 15 is 0 Å². The second-order valence-corrected chi connectivity index (χ2v) is 7.91. The van der Waals surface area contributed by atoms with Crippen LogP contribution in [0, 0.1) is 0 Å². The number of nitrogens with zero attached hydrogens (tertiary/aromatic N) is 1. The lowest BCUT2D eigenvalue weighted by Gasteiger charge is -2.26. The number of benzene rings is 2. The molecular formula is C22H25ClN2O2. The summed E-state index contributed by atoms with van der Waals surface area (Å²) in [5.41, 5.74) is 3.12. The van der Waals surface area contributed by atoms with Gasteiger partial charge in [0.05, 0.1) is 18.6 Å². The third kappa shape index (κ3) is 4.34. The van der Waals surface area contributed by atoms with Crippen molar-refractivity contribution >= 4 is 17.5 Å². The summed E-state index contributed by atoms with van der Waals surface area (Å²) in [6.45, 7) is 5.13. The summed E-state index contributed by atoms with van der Waals surface area (Å²) >= 11 is 5.97. The number of hydrogen-bond donors (Lipinski definition) is 1. The van der Waals surface area contributed by atoms with Crippen LogP contribution in [0.3, 0.4) is 0 Å². The predicted molar refractivity (Wildman–Crippen MR) is 107 cm³/mol. The van der Waals surface area contributed by atoms with Crippen molar-refractivity contribution in [2.75, 3.05) is 26.3 Å². The first-order chi connectivity index (χ1) is 13.2. The third-order valence-corrected chi connectivity index (χ3v) is 5.82. The predicted octanol–water partition coefficient (Wildman–Crippen LogP) is 3.52. The Hall–Kier alpha value is -1.88. The van der Waals surface area contributed by atoms with Crippen LogP contribution in [0.15, 0.2) is 48.5 Å². The average Bonchev–Trinajstić information content (AvgIpc) is 3.51. The van der Waals surface area contributed by atoms with E-state index < -0.39 is 0 Å². The van der Waals surface area contributed by atoms with Gasteiger partial charge < -0.3 is 10.1 Å². The van der Waals surface area contributed by atoms with Crippen LogP contribution in [0.2, 0.25) is 5.02 Å². The van der Waals surface area contributed by atoms with Crippen LogP contribution >= 0.6 is 11.6 Å². The van der Waals surface area contributed by atoms with Gasteiger partial charge in [-0.15, -0.1) is 0 Å². The number of carbonyl (C=O) groups excluding carboxylic acids is 1. The second kappa shape index (κ2) is 8.01. The van der Waals surface area contributed by atoms with Crippen molar-refractivity contribution in [1.82, 2.24) is 10.2 Å². The summed E-state index contributed by atoms with van der Waals surface area (Å²) in [5.74, 6) is 0.113. The number of rotatable bonds is 6. The molecule has 2 aliphatic rings. The fraction of sp³-hybridized carbons (Fsp3) is 0.409. The first kappa shape index (κ1) is 18.5. The molecule has 1 N–H and O–H groups in total. The van der Waals surface area contributed by atoms with E-state index in [1.54, 1.807) is 0 Å². The van der Waals surface area contributed by atoms with Gasteiger partial charge in [0, 0.05) is 31.2 Å². The van der Waals surface area contributed by atoms with Crippen molar-refractivity contribution < 1.29 is 9.53 Å². The minimum Gasteiger partial charge on any atom is -0.379 e. The molecule has 0 atom stereocenters. The fourth-order valence-electron chi connectivity index (χ4n) is 3.67. The highest BCUT2D eigenvalue weighted by Gasteiger charge is 2.50. The number of morpholine rings is 1. The fourth-order valence-corrected chi connectivity index (χ4v) is 3.80. The smallest absolute Gasteiger partial charge is 0.230 e. The van der Waals surface area contributed by atoms with E-state index in [-0.39, 0.29) is 11.3 Å². The molecule has 1 heterocycles. The van der Waals surface area contributed by atoms with Crippen molar-refractivity contribution in [2.24, 2.45) is 0 Å². The molecule has 0 spiro atoms. The van der Waals surface area contributed by atoms with Gasteiger partial charge in [-0.05, 0) is 41.7 Å². The molecule has 5 heteroatoms. The van der Waals surface area contributed by atoms with Crippen LogP contribution in [0.1, 0.15) is 29.5 Å². The van der Waals surface area contributed by atoms with Crippen molar-refractivity contribution in [3.05, 3.63) is 70.2 Å². The molecule has 1 aliphatic heterocycles. The zero-order valence-corrected chi connectivity index (χ0v) is 16.2. The van der Waals surface area contributed by atoms with Crippen molar-refractivity contribution in [3.63, 3.8) is 0 Å². The van der Waals surface area contributed by atoms with E-state index in [1.165, 1.54) is 5.56 Å². The summed E-state index contributed by atoms with van der Waals surface area (Å²) in [4.78, 5) is 15.2. The standard InChI is InChI=1S/C22H25ClN2O2/c23-20-7-5-19(6-8-20)22(9-10-22)21(26)24-15-17-1-3-18(4-2-17)16-25-11-13-27-14-12-25/h1-8H,9-16H2,(H,24,26).